The lowest BCUT2D eigenvalue weighted by Gasteiger charge is -2.25. The van der Waals surface area contributed by atoms with Crippen molar-refractivity contribution in [2.45, 2.75) is 33.6 Å². The third-order valence-corrected chi connectivity index (χ3v) is 2.90. The van der Waals surface area contributed by atoms with E-state index in [1.54, 1.807) is 5.57 Å². The molecule has 0 unspecified atom stereocenters. The van der Waals surface area contributed by atoms with Crippen molar-refractivity contribution < 1.29 is 0 Å². The van der Waals surface area contributed by atoms with Gasteiger partial charge in [0.25, 0.3) is 0 Å². The summed E-state index contributed by atoms with van der Waals surface area (Å²) in [6.07, 6.45) is 4.91. The Balaban J connectivity index is 1.97. The summed E-state index contributed by atoms with van der Waals surface area (Å²) in [6, 6.07) is 0. The lowest BCUT2D eigenvalue weighted by Crippen LogP contribution is -2.31. The molecule has 1 aliphatic heterocycles. The highest BCUT2D eigenvalue weighted by Crippen LogP contribution is 2.09. The van der Waals surface area contributed by atoms with Gasteiger partial charge in [-0.1, -0.05) is 25.5 Å². The van der Waals surface area contributed by atoms with Crippen LogP contribution in [-0.4, -0.2) is 37.6 Å². The second-order valence-corrected chi connectivity index (χ2v) is 5.05. The van der Waals surface area contributed by atoms with E-state index >= 15 is 0 Å². The van der Waals surface area contributed by atoms with Crippen molar-refractivity contribution in [2.75, 3.05) is 32.7 Å². The minimum absolute atomic E-state index is 0.769. The zero-order chi connectivity index (χ0) is 11.1. The first kappa shape index (κ1) is 12.7. The molecule has 0 aliphatic carbocycles. The summed E-state index contributed by atoms with van der Waals surface area (Å²) in [6.45, 7) is 12.7. The van der Waals surface area contributed by atoms with Crippen LogP contribution in [0, 0.1) is 5.92 Å². The lowest BCUT2D eigenvalue weighted by atomic mass is 10.1. The van der Waals surface area contributed by atoms with Crippen LogP contribution in [0.3, 0.4) is 0 Å². The maximum absolute atomic E-state index is 3.49. The fourth-order valence-corrected chi connectivity index (χ4v) is 1.83. The first-order chi connectivity index (χ1) is 7.18. The summed E-state index contributed by atoms with van der Waals surface area (Å²) in [4.78, 5) is 2.55. The number of hydrogen-bond donors (Lipinski definition) is 1. The van der Waals surface area contributed by atoms with Gasteiger partial charge in [-0.2, -0.15) is 0 Å². The van der Waals surface area contributed by atoms with Crippen LogP contribution in [0.15, 0.2) is 11.6 Å². The molecule has 0 aromatic rings. The molecule has 0 fully saturated rings. The van der Waals surface area contributed by atoms with Crippen LogP contribution in [0.2, 0.25) is 0 Å². The molecule has 0 bridgehead atoms. The maximum Gasteiger partial charge on any atom is 0.0165 e. The van der Waals surface area contributed by atoms with E-state index in [1.165, 1.54) is 25.9 Å². The van der Waals surface area contributed by atoms with Gasteiger partial charge in [0.2, 0.25) is 0 Å². The fraction of sp³-hybridized carbons (Fsp3) is 0.846. The molecular weight excluding hydrogens is 184 g/mol. The second-order valence-electron chi connectivity index (χ2n) is 5.05. The van der Waals surface area contributed by atoms with Gasteiger partial charge in [0.1, 0.15) is 0 Å². The van der Waals surface area contributed by atoms with Crippen molar-refractivity contribution in [3.05, 3.63) is 11.6 Å². The van der Waals surface area contributed by atoms with E-state index in [0.717, 1.165) is 25.6 Å². The smallest absolute Gasteiger partial charge is 0.0165 e. The van der Waals surface area contributed by atoms with Crippen LogP contribution in [-0.2, 0) is 0 Å². The van der Waals surface area contributed by atoms with E-state index in [2.05, 4.69) is 37.1 Å². The standard InChI is InChI=1S/C13H26N2/c1-12(2)11-14-7-4-8-15-9-5-13(3)6-10-15/h5,12,14H,4,6-11H2,1-3H3. The zero-order valence-electron chi connectivity index (χ0n) is 10.6. The maximum atomic E-state index is 3.49. The van der Waals surface area contributed by atoms with E-state index < -0.39 is 0 Å². The number of rotatable bonds is 6. The van der Waals surface area contributed by atoms with Gasteiger partial charge in [-0.25, -0.2) is 0 Å². The molecule has 15 heavy (non-hydrogen) atoms. The minimum atomic E-state index is 0.769. The third kappa shape index (κ3) is 5.95. The van der Waals surface area contributed by atoms with Gasteiger partial charge in [-0.3, -0.25) is 4.90 Å². The molecule has 2 nitrogen and oxygen atoms in total. The van der Waals surface area contributed by atoms with Crippen molar-refractivity contribution in [2.24, 2.45) is 5.92 Å². The summed E-state index contributed by atoms with van der Waals surface area (Å²) in [5.74, 6) is 0.769. The van der Waals surface area contributed by atoms with Crippen molar-refractivity contribution >= 4 is 0 Å². The molecule has 0 atom stereocenters. The van der Waals surface area contributed by atoms with Crippen LogP contribution in [0.25, 0.3) is 0 Å². The van der Waals surface area contributed by atoms with Crippen molar-refractivity contribution in [3.63, 3.8) is 0 Å². The molecule has 0 saturated heterocycles. The molecular formula is C13H26N2. The van der Waals surface area contributed by atoms with Crippen molar-refractivity contribution in [3.8, 4) is 0 Å². The van der Waals surface area contributed by atoms with Gasteiger partial charge in [-0.05, 0) is 45.3 Å². The van der Waals surface area contributed by atoms with E-state index in [1.807, 2.05) is 0 Å². The molecule has 1 N–H and O–H groups in total. The number of nitrogens with zero attached hydrogens (tertiary/aromatic N) is 1. The van der Waals surface area contributed by atoms with E-state index in [0.29, 0.717) is 0 Å². The number of hydrogen-bond acceptors (Lipinski definition) is 2. The monoisotopic (exact) mass is 210 g/mol. The van der Waals surface area contributed by atoms with Gasteiger partial charge in [0.05, 0.1) is 0 Å². The van der Waals surface area contributed by atoms with Crippen LogP contribution < -0.4 is 5.32 Å². The Labute approximate surface area is 94.7 Å². The normalized spacial score (nSPS) is 18.3. The molecule has 0 spiro atoms. The Bertz CT molecular complexity index is 197. The van der Waals surface area contributed by atoms with Crippen LogP contribution >= 0.6 is 0 Å². The Morgan fingerprint density at radius 3 is 2.87 bits per heavy atom. The Hall–Kier alpha value is -0.340. The molecule has 1 aliphatic rings. The van der Waals surface area contributed by atoms with E-state index in [-0.39, 0.29) is 0 Å². The van der Waals surface area contributed by atoms with Crippen LogP contribution in [0.4, 0.5) is 0 Å². The van der Waals surface area contributed by atoms with Crippen molar-refractivity contribution in [1.82, 2.24) is 10.2 Å². The van der Waals surface area contributed by atoms with Gasteiger partial charge >= 0.3 is 0 Å². The molecule has 2 heteroatoms. The topological polar surface area (TPSA) is 15.3 Å². The zero-order valence-corrected chi connectivity index (χ0v) is 10.6. The molecule has 0 radical (unpaired) electrons. The Morgan fingerprint density at radius 1 is 1.47 bits per heavy atom. The minimum Gasteiger partial charge on any atom is -0.316 e. The molecule has 1 rings (SSSR count). The summed E-state index contributed by atoms with van der Waals surface area (Å²) in [5.41, 5.74) is 1.56. The summed E-state index contributed by atoms with van der Waals surface area (Å²) < 4.78 is 0. The first-order valence-corrected chi connectivity index (χ1v) is 6.27. The van der Waals surface area contributed by atoms with Gasteiger partial charge < -0.3 is 5.32 Å². The Kier molecular flexibility index (Phi) is 5.96. The van der Waals surface area contributed by atoms with Gasteiger partial charge in [-0.15, -0.1) is 0 Å². The average molecular weight is 210 g/mol. The van der Waals surface area contributed by atoms with E-state index in [4.69, 9.17) is 0 Å². The number of nitrogens with one attached hydrogen (secondary N) is 1. The molecule has 1 heterocycles. The summed E-state index contributed by atoms with van der Waals surface area (Å²) in [7, 11) is 0. The van der Waals surface area contributed by atoms with Gasteiger partial charge in [0, 0.05) is 13.1 Å². The third-order valence-electron chi connectivity index (χ3n) is 2.90. The highest BCUT2D eigenvalue weighted by atomic mass is 15.1. The summed E-state index contributed by atoms with van der Waals surface area (Å²) >= 11 is 0. The Morgan fingerprint density at radius 2 is 2.27 bits per heavy atom. The van der Waals surface area contributed by atoms with E-state index in [9.17, 15) is 0 Å². The average Bonchev–Trinajstić information content (AvgIpc) is 2.20. The second kappa shape index (κ2) is 7.02. The highest BCUT2D eigenvalue weighted by Gasteiger charge is 2.07. The SMILES string of the molecule is CC1=CCN(CCCNCC(C)C)CC1. The molecule has 0 amide bonds. The summed E-state index contributed by atoms with van der Waals surface area (Å²) in [5, 5.41) is 3.49. The fourth-order valence-electron chi connectivity index (χ4n) is 1.83. The molecule has 0 saturated carbocycles. The lowest BCUT2D eigenvalue weighted by molar-refractivity contribution is 0.288. The highest BCUT2D eigenvalue weighted by molar-refractivity contribution is 5.03. The quantitative estimate of drug-likeness (QED) is 0.534. The predicted molar refractivity (Wildman–Crippen MR) is 67.1 cm³/mol. The van der Waals surface area contributed by atoms with Crippen LogP contribution in [0.1, 0.15) is 33.6 Å². The van der Waals surface area contributed by atoms with Crippen molar-refractivity contribution in [1.29, 1.82) is 0 Å². The molecule has 0 aromatic heterocycles. The van der Waals surface area contributed by atoms with Crippen LogP contribution in [0.5, 0.6) is 0 Å². The van der Waals surface area contributed by atoms with Gasteiger partial charge in [0.15, 0.2) is 0 Å². The predicted octanol–water partition coefficient (Wildman–Crippen LogP) is 2.27. The molecule has 0 aromatic carbocycles. The largest absolute Gasteiger partial charge is 0.316 e. The molecule has 88 valence electrons. The first-order valence-electron chi connectivity index (χ1n) is 6.27.